The molecule has 0 saturated carbocycles. The highest BCUT2D eigenvalue weighted by Gasteiger charge is 2.07. The van der Waals surface area contributed by atoms with E-state index in [2.05, 4.69) is 0 Å². The third kappa shape index (κ3) is 4.32. The van der Waals surface area contributed by atoms with Crippen molar-refractivity contribution >= 4 is 29.1 Å². The molecule has 0 heterocycles. The summed E-state index contributed by atoms with van der Waals surface area (Å²) in [4.78, 5) is 12.6. The Morgan fingerprint density at radius 2 is 1.80 bits per heavy atom. The van der Waals surface area contributed by atoms with E-state index >= 15 is 0 Å². The molecule has 2 aromatic carbocycles. The van der Waals surface area contributed by atoms with E-state index < -0.39 is 5.82 Å². The van der Waals surface area contributed by atoms with Crippen LogP contribution >= 0.6 is 23.4 Å². The van der Waals surface area contributed by atoms with Crippen molar-refractivity contribution in [3.8, 4) is 0 Å². The van der Waals surface area contributed by atoms with Gasteiger partial charge >= 0.3 is 0 Å². The smallest absolute Gasteiger partial charge is 0.147 e. The van der Waals surface area contributed by atoms with Crippen molar-refractivity contribution in [1.29, 1.82) is 0 Å². The number of carbonyl (C=O) groups excluding carboxylic acids is 1. The van der Waals surface area contributed by atoms with Crippen molar-refractivity contribution < 1.29 is 13.6 Å². The molecule has 0 amide bonds. The lowest BCUT2D eigenvalue weighted by Crippen LogP contribution is -2.05. The highest BCUT2D eigenvalue weighted by Crippen LogP contribution is 2.20. The van der Waals surface area contributed by atoms with Crippen LogP contribution in [0.3, 0.4) is 0 Å². The molecule has 0 fully saturated rings. The van der Waals surface area contributed by atoms with Gasteiger partial charge in [0.05, 0.1) is 10.8 Å². The van der Waals surface area contributed by atoms with E-state index in [0.717, 1.165) is 4.90 Å². The number of thioether (sulfide) groups is 1. The topological polar surface area (TPSA) is 17.1 Å². The summed E-state index contributed by atoms with van der Waals surface area (Å²) < 4.78 is 25.7. The molecule has 0 radical (unpaired) electrons. The summed E-state index contributed by atoms with van der Waals surface area (Å²) in [6.45, 7) is 0. The first-order chi connectivity index (χ1) is 9.54. The fourth-order valence-electron chi connectivity index (χ4n) is 1.62. The maximum Gasteiger partial charge on any atom is 0.147 e. The Hall–Kier alpha value is -1.39. The molecular formula is C15H11ClF2OS. The van der Waals surface area contributed by atoms with E-state index in [4.69, 9.17) is 11.6 Å². The Balaban J connectivity index is 1.89. The zero-order chi connectivity index (χ0) is 14.5. The van der Waals surface area contributed by atoms with Crippen molar-refractivity contribution in [3.05, 3.63) is 64.7 Å². The average molecular weight is 313 g/mol. The summed E-state index contributed by atoms with van der Waals surface area (Å²) in [5.74, 6) is -0.521. The Labute approximate surface area is 125 Å². The maximum atomic E-state index is 13.0. The van der Waals surface area contributed by atoms with Gasteiger partial charge in [0, 0.05) is 11.3 Å². The lowest BCUT2D eigenvalue weighted by Gasteiger charge is -2.03. The minimum atomic E-state index is -0.497. The molecule has 0 N–H and O–H groups in total. The molecule has 0 saturated heterocycles. The largest absolute Gasteiger partial charge is 0.298 e. The van der Waals surface area contributed by atoms with Gasteiger partial charge in [0.15, 0.2) is 0 Å². The van der Waals surface area contributed by atoms with E-state index in [1.807, 2.05) is 0 Å². The maximum absolute atomic E-state index is 13.0. The van der Waals surface area contributed by atoms with Gasteiger partial charge in [0.1, 0.15) is 17.4 Å². The summed E-state index contributed by atoms with van der Waals surface area (Å²) in [5.41, 5.74) is 0.682. The summed E-state index contributed by atoms with van der Waals surface area (Å²) in [5, 5.41) is 0.0153. The van der Waals surface area contributed by atoms with E-state index in [9.17, 15) is 13.6 Å². The van der Waals surface area contributed by atoms with Crippen molar-refractivity contribution in [2.45, 2.75) is 11.3 Å². The van der Waals surface area contributed by atoms with Gasteiger partial charge in [-0.15, -0.1) is 11.8 Å². The van der Waals surface area contributed by atoms with Gasteiger partial charge in [0.25, 0.3) is 0 Å². The second-order valence-corrected chi connectivity index (χ2v) is 5.66. The third-order valence-corrected chi connectivity index (χ3v) is 3.96. The number of benzene rings is 2. The van der Waals surface area contributed by atoms with Gasteiger partial charge in [-0.05, 0) is 42.0 Å². The van der Waals surface area contributed by atoms with Crippen molar-refractivity contribution in [2.75, 3.05) is 5.75 Å². The Morgan fingerprint density at radius 3 is 2.45 bits per heavy atom. The number of rotatable bonds is 5. The van der Waals surface area contributed by atoms with Crippen LogP contribution in [0.5, 0.6) is 0 Å². The van der Waals surface area contributed by atoms with Crippen LogP contribution in [0.15, 0.2) is 47.4 Å². The summed E-state index contributed by atoms with van der Waals surface area (Å²) in [7, 11) is 0. The van der Waals surface area contributed by atoms with Crippen LogP contribution in [0, 0.1) is 11.6 Å². The summed E-state index contributed by atoms with van der Waals surface area (Å²) >= 11 is 7.00. The minimum absolute atomic E-state index is 0.00185. The molecule has 20 heavy (non-hydrogen) atoms. The van der Waals surface area contributed by atoms with Crippen LogP contribution in [-0.4, -0.2) is 11.5 Å². The molecule has 0 aromatic heterocycles. The summed E-state index contributed by atoms with van der Waals surface area (Å²) in [6, 6.07) is 10.2. The van der Waals surface area contributed by atoms with Gasteiger partial charge in [-0.25, -0.2) is 8.78 Å². The molecule has 2 rings (SSSR count). The number of halogens is 3. The number of hydrogen-bond acceptors (Lipinski definition) is 2. The molecule has 104 valence electrons. The fourth-order valence-corrected chi connectivity index (χ4v) is 2.58. The van der Waals surface area contributed by atoms with Gasteiger partial charge in [0.2, 0.25) is 0 Å². The lowest BCUT2D eigenvalue weighted by molar-refractivity contribution is -0.116. The van der Waals surface area contributed by atoms with Crippen LogP contribution in [-0.2, 0) is 11.2 Å². The van der Waals surface area contributed by atoms with Crippen LogP contribution in [0.2, 0.25) is 5.02 Å². The number of ketones is 1. The molecule has 0 aliphatic rings. The number of hydrogen-bond donors (Lipinski definition) is 0. The molecule has 0 aliphatic carbocycles. The molecule has 1 nitrogen and oxygen atoms in total. The minimum Gasteiger partial charge on any atom is -0.298 e. The van der Waals surface area contributed by atoms with E-state index in [-0.39, 0.29) is 28.8 Å². The average Bonchev–Trinajstić information content (AvgIpc) is 2.42. The second-order valence-electron chi connectivity index (χ2n) is 4.21. The molecule has 2 aromatic rings. The van der Waals surface area contributed by atoms with E-state index in [1.165, 1.54) is 36.0 Å². The Bertz CT molecular complexity index is 614. The monoisotopic (exact) mass is 312 g/mol. The molecule has 0 atom stereocenters. The zero-order valence-corrected chi connectivity index (χ0v) is 12.0. The predicted molar refractivity (Wildman–Crippen MR) is 77.2 cm³/mol. The van der Waals surface area contributed by atoms with Gasteiger partial charge < -0.3 is 0 Å². The predicted octanol–water partition coefficient (Wildman–Crippen LogP) is 4.52. The van der Waals surface area contributed by atoms with E-state index in [1.54, 1.807) is 18.2 Å². The van der Waals surface area contributed by atoms with Gasteiger partial charge in [-0.1, -0.05) is 17.7 Å². The van der Waals surface area contributed by atoms with Crippen molar-refractivity contribution in [3.63, 3.8) is 0 Å². The highest BCUT2D eigenvalue weighted by atomic mass is 35.5. The third-order valence-electron chi connectivity index (χ3n) is 2.60. The molecular weight excluding hydrogens is 302 g/mol. The standard InChI is InChI=1S/C15H11ClF2OS/c16-14-8-10(1-6-15(14)18)7-12(19)9-20-13-4-2-11(17)3-5-13/h1-6,8H,7,9H2. The Morgan fingerprint density at radius 1 is 1.10 bits per heavy atom. The zero-order valence-electron chi connectivity index (χ0n) is 10.4. The molecule has 0 spiro atoms. The van der Waals surface area contributed by atoms with Gasteiger partial charge in [-0.2, -0.15) is 0 Å². The quantitative estimate of drug-likeness (QED) is 0.755. The first-order valence-corrected chi connectivity index (χ1v) is 7.25. The van der Waals surface area contributed by atoms with Crippen LogP contribution in [0.1, 0.15) is 5.56 Å². The van der Waals surface area contributed by atoms with Crippen LogP contribution in [0.4, 0.5) is 8.78 Å². The summed E-state index contributed by atoms with van der Waals surface area (Å²) in [6.07, 6.45) is 0.203. The lowest BCUT2D eigenvalue weighted by atomic mass is 10.1. The fraction of sp³-hybridized carbons (Fsp3) is 0.133. The molecule has 0 unspecified atom stereocenters. The van der Waals surface area contributed by atoms with Crippen LogP contribution < -0.4 is 0 Å². The molecule has 0 aliphatic heterocycles. The second kappa shape index (κ2) is 6.86. The highest BCUT2D eigenvalue weighted by molar-refractivity contribution is 8.00. The normalized spacial score (nSPS) is 10.6. The first-order valence-electron chi connectivity index (χ1n) is 5.88. The van der Waals surface area contributed by atoms with E-state index in [0.29, 0.717) is 5.56 Å². The number of Topliss-reactive ketones (excluding diaryl/α,β-unsaturated/α-hetero) is 1. The number of carbonyl (C=O) groups is 1. The SMILES string of the molecule is O=C(CSc1ccc(F)cc1)Cc1ccc(F)c(Cl)c1. The first kappa shape index (κ1) is 15.0. The molecule has 5 heteroatoms. The molecule has 0 bridgehead atoms. The van der Waals surface area contributed by atoms with Crippen LogP contribution in [0.25, 0.3) is 0 Å². The van der Waals surface area contributed by atoms with Crippen molar-refractivity contribution in [2.24, 2.45) is 0 Å². The van der Waals surface area contributed by atoms with Crippen molar-refractivity contribution in [1.82, 2.24) is 0 Å². The Kier molecular flexibility index (Phi) is 5.15. The van der Waals surface area contributed by atoms with Gasteiger partial charge in [-0.3, -0.25) is 4.79 Å².